The molecule has 0 aliphatic rings. The van der Waals surface area contributed by atoms with E-state index in [1.807, 2.05) is 0 Å². The van der Waals surface area contributed by atoms with E-state index in [0.29, 0.717) is 6.54 Å². The molecule has 1 aromatic rings. The molecule has 17 heavy (non-hydrogen) atoms. The lowest BCUT2D eigenvalue weighted by molar-refractivity contribution is 0.379. The van der Waals surface area contributed by atoms with Crippen molar-refractivity contribution in [2.24, 2.45) is 0 Å². The molecular weight excluding hydrogens is 270 g/mol. The summed E-state index contributed by atoms with van der Waals surface area (Å²) in [6, 6.07) is 0.0866. The third-order valence-corrected chi connectivity index (χ3v) is 2.44. The van der Waals surface area contributed by atoms with Gasteiger partial charge < -0.3 is 10.1 Å². The van der Waals surface area contributed by atoms with E-state index in [4.69, 9.17) is 16.3 Å². The molecule has 8 nitrogen and oxygen atoms in total. The number of hydrogen-bond acceptors (Lipinski definition) is 7. The lowest BCUT2D eigenvalue weighted by Gasteiger charge is -2.06. The summed E-state index contributed by atoms with van der Waals surface area (Å²) >= 11 is 5.62. The van der Waals surface area contributed by atoms with E-state index in [1.54, 1.807) is 0 Å². The van der Waals surface area contributed by atoms with Gasteiger partial charge in [0.05, 0.1) is 13.4 Å². The zero-order valence-corrected chi connectivity index (χ0v) is 10.8. The second-order valence-corrected chi connectivity index (χ2v) is 5.18. The van der Waals surface area contributed by atoms with Crippen LogP contribution < -0.4 is 14.8 Å². The zero-order chi connectivity index (χ0) is 12.9. The summed E-state index contributed by atoms with van der Waals surface area (Å²) in [6.07, 6.45) is 1.08. The molecule has 0 aliphatic carbocycles. The van der Waals surface area contributed by atoms with Gasteiger partial charge in [-0.2, -0.15) is 15.0 Å². The average molecular weight is 282 g/mol. The van der Waals surface area contributed by atoms with Gasteiger partial charge >= 0.3 is 6.01 Å². The Morgan fingerprint density at radius 2 is 2.00 bits per heavy atom. The SMILES string of the molecule is COc1nc(Cl)nc(NCCNS(C)(=O)=O)n1. The van der Waals surface area contributed by atoms with E-state index in [2.05, 4.69) is 25.0 Å². The van der Waals surface area contributed by atoms with Crippen LogP contribution in [0.4, 0.5) is 5.95 Å². The molecule has 0 radical (unpaired) electrons. The Hall–Kier alpha value is -1.19. The fourth-order valence-corrected chi connectivity index (χ4v) is 1.54. The van der Waals surface area contributed by atoms with Crippen LogP contribution in [0.1, 0.15) is 0 Å². The van der Waals surface area contributed by atoms with Crippen molar-refractivity contribution >= 4 is 27.6 Å². The standard InChI is InChI=1S/C7H12ClN5O3S/c1-16-7-12-5(8)11-6(13-7)9-3-4-10-17(2,14)15/h10H,3-4H2,1-2H3,(H,9,11,12,13). The fraction of sp³-hybridized carbons (Fsp3) is 0.571. The van der Waals surface area contributed by atoms with E-state index >= 15 is 0 Å². The minimum absolute atomic E-state index is 0.00424. The summed E-state index contributed by atoms with van der Waals surface area (Å²) < 4.78 is 28.7. The maximum Gasteiger partial charge on any atom is 0.322 e. The highest BCUT2D eigenvalue weighted by atomic mass is 35.5. The number of aromatic nitrogens is 3. The average Bonchev–Trinajstić information content (AvgIpc) is 2.22. The summed E-state index contributed by atoms with van der Waals surface area (Å²) in [7, 11) is -1.79. The molecule has 10 heteroatoms. The predicted molar refractivity (Wildman–Crippen MR) is 62.7 cm³/mol. The van der Waals surface area contributed by atoms with Crippen molar-refractivity contribution in [2.75, 3.05) is 31.8 Å². The Kier molecular flexibility index (Phi) is 4.85. The molecule has 0 saturated carbocycles. The van der Waals surface area contributed by atoms with Crippen molar-refractivity contribution in [1.82, 2.24) is 19.7 Å². The monoisotopic (exact) mass is 281 g/mol. The van der Waals surface area contributed by atoms with Crippen LogP contribution in [0.5, 0.6) is 6.01 Å². The largest absolute Gasteiger partial charge is 0.467 e. The van der Waals surface area contributed by atoms with Crippen LogP contribution >= 0.6 is 11.6 Å². The van der Waals surface area contributed by atoms with Crippen LogP contribution in [0.2, 0.25) is 5.28 Å². The molecule has 1 rings (SSSR count). The molecule has 0 atom stereocenters. The molecule has 2 N–H and O–H groups in total. The maximum atomic E-state index is 10.8. The number of methoxy groups -OCH3 is 1. The van der Waals surface area contributed by atoms with E-state index in [9.17, 15) is 8.42 Å². The van der Waals surface area contributed by atoms with E-state index in [-0.39, 0.29) is 23.8 Å². The third-order valence-electron chi connectivity index (χ3n) is 1.54. The summed E-state index contributed by atoms with van der Waals surface area (Å²) in [4.78, 5) is 11.3. The fourth-order valence-electron chi connectivity index (χ4n) is 0.913. The number of ether oxygens (including phenoxy) is 1. The highest BCUT2D eigenvalue weighted by Crippen LogP contribution is 2.09. The van der Waals surface area contributed by atoms with Crippen LogP contribution in [0, 0.1) is 0 Å². The molecular formula is C7H12ClN5O3S. The number of anilines is 1. The Bertz CT molecular complexity index is 480. The van der Waals surface area contributed by atoms with Crippen molar-refractivity contribution in [1.29, 1.82) is 0 Å². The molecule has 0 fully saturated rings. The van der Waals surface area contributed by atoms with Gasteiger partial charge in [-0.1, -0.05) is 0 Å². The van der Waals surface area contributed by atoms with Crippen molar-refractivity contribution in [3.05, 3.63) is 5.28 Å². The minimum Gasteiger partial charge on any atom is -0.467 e. The minimum atomic E-state index is -3.19. The van der Waals surface area contributed by atoms with Crippen LogP contribution in [0.25, 0.3) is 0 Å². The maximum absolute atomic E-state index is 10.8. The Balaban J connectivity index is 2.49. The summed E-state index contributed by atoms with van der Waals surface area (Å²) in [5.74, 6) is 0.220. The number of sulfonamides is 1. The Morgan fingerprint density at radius 1 is 1.29 bits per heavy atom. The molecule has 0 spiro atoms. The van der Waals surface area contributed by atoms with Crippen LogP contribution in [0.15, 0.2) is 0 Å². The van der Waals surface area contributed by atoms with Gasteiger partial charge in [-0.3, -0.25) is 0 Å². The van der Waals surface area contributed by atoms with Crippen LogP contribution in [-0.4, -0.2) is 49.8 Å². The molecule has 0 unspecified atom stereocenters. The van der Waals surface area contributed by atoms with Gasteiger partial charge in [0.15, 0.2) is 0 Å². The van der Waals surface area contributed by atoms with E-state index in [1.165, 1.54) is 7.11 Å². The van der Waals surface area contributed by atoms with Crippen molar-refractivity contribution in [2.45, 2.75) is 0 Å². The molecule has 1 aromatic heterocycles. The first-order valence-corrected chi connectivity index (χ1v) is 6.82. The second kappa shape index (κ2) is 5.94. The molecule has 96 valence electrons. The number of nitrogens with one attached hydrogen (secondary N) is 2. The summed E-state index contributed by atoms with van der Waals surface area (Å²) in [5, 5.41) is 2.77. The molecule has 0 aliphatic heterocycles. The van der Waals surface area contributed by atoms with Crippen molar-refractivity contribution < 1.29 is 13.2 Å². The normalized spacial score (nSPS) is 11.2. The number of hydrogen-bond donors (Lipinski definition) is 2. The quantitative estimate of drug-likeness (QED) is 0.677. The van der Waals surface area contributed by atoms with Gasteiger partial charge in [-0.05, 0) is 11.6 Å². The highest BCUT2D eigenvalue weighted by Gasteiger charge is 2.04. The number of nitrogens with zero attached hydrogens (tertiary/aromatic N) is 3. The van der Waals surface area contributed by atoms with E-state index in [0.717, 1.165) is 6.26 Å². The van der Waals surface area contributed by atoms with Crippen molar-refractivity contribution in [3.63, 3.8) is 0 Å². The lowest BCUT2D eigenvalue weighted by atomic mass is 10.6. The van der Waals surface area contributed by atoms with E-state index < -0.39 is 10.0 Å². The molecule has 0 bridgehead atoms. The Morgan fingerprint density at radius 3 is 2.59 bits per heavy atom. The topological polar surface area (TPSA) is 106 Å². The first-order chi connectivity index (χ1) is 7.90. The highest BCUT2D eigenvalue weighted by molar-refractivity contribution is 7.88. The summed E-state index contributed by atoms with van der Waals surface area (Å²) in [6.45, 7) is 0.529. The van der Waals surface area contributed by atoms with Crippen molar-refractivity contribution in [3.8, 4) is 6.01 Å². The first kappa shape index (κ1) is 13.9. The lowest BCUT2D eigenvalue weighted by Crippen LogP contribution is -2.28. The van der Waals surface area contributed by atoms with Crippen LogP contribution in [0.3, 0.4) is 0 Å². The number of rotatable bonds is 6. The summed E-state index contributed by atoms with van der Waals surface area (Å²) in [5.41, 5.74) is 0. The predicted octanol–water partition coefficient (Wildman–Crippen LogP) is -0.505. The van der Waals surface area contributed by atoms with Gasteiger partial charge in [0.1, 0.15) is 0 Å². The van der Waals surface area contributed by atoms with Crippen LogP contribution in [-0.2, 0) is 10.0 Å². The number of halogens is 1. The van der Waals surface area contributed by atoms with Gasteiger partial charge in [-0.15, -0.1) is 0 Å². The zero-order valence-electron chi connectivity index (χ0n) is 9.27. The molecule has 0 amide bonds. The molecule has 1 heterocycles. The van der Waals surface area contributed by atoms with Gasteiger partial charge in [0, 0.05) is 13.1 Å². The first-order valence-electron chi connectivity index (χ1n) is 4.55. The van der Waals surface area contributed by atoms with Gasteiger partial charge in [0.25, 0.3) is 0 Å². The second-order valence-electron chi connectivity index (χ2n) is 3.01. The van der Waals surface area contributed by atoms with Gasteiger partial charge in [-0.25, -0.2) is 13.1 Å². The van der Waals surface area contributed by atoms with Gasteiger partial charge in [0.2, 0.25) is 21.3 Å². The molecule has 0 saturated heterocycles. The third kappa shape index (κ3) is 5.61. The smallest absolute Gasteiger partial charge is 0.322 e. The Labute approximate surface area is 104 Å². The molecule has 0 aromatic carbocycles.